The Hall–Kier alpha value is -2.12. The smallest absolute Gasteiger partial charge is 0.362 e. The van der Waals surface area contributed by atoms with Crippen LogP contribution in [0.25, 0.3) is 0 Å². The standard InChI is InChI=1S/C7H5F2N3O3/c8-6(9)5-3(2-13)1-4(12(14)15)11-7(5)10/h1-2,6H,(H2,10,11). The Labute approximate surface area is 81.9 Å². The van der Waals surface area contributed by atoms with Crippen LogP contribution in [0.2, 0.25) is 0 Å². The van der Waals surface area contributed by atoms with Crippen molar-refractivity contribution in [3.05, 3.63) is 27.3 Å². The molecule has 0 aliphatic heterocycles. The highest BCUT2D eigenvalue weighted by atomic mass is 19.3. The Morgan fingerprint density at radius 2 is 2.20 bits per heavy atom. The maximum atomic E-state index is 12.4. The van der Waals surface area contributed by atoms with Gasteiger partial charge in [-0.05, 0) is 9.91 Å². The number of nitro groups is 1. The van der Waals surface area contributed by atoms with Gasteiger partial charge in [-0.25, -0.2) is 8.78 Å². The zero-order chi connectivity index (χ0) is 11.6. The topological polar surface area (TPSA) is 99.1 Å². The molecule has 15 heavy (non-hydrogen) atoms. The number of nitrogen functional groups attached to an aromatic ring is 1. The van der Waals surface area contributed by atoms with E-state index in [0.29, 0.717) is 6.07 Å². The third-order valence-corrected chi connectivity index (χ3v) is 1.64. The number of rotatable bonds is 3. The Morgan fingerprint density at radius 3 is 2.60 bits per heavy atom. The van der Waals surface area contributed by atoms with Crippen molar-refractivity contribution in [1.82, 2.24) is 4.98 Å². The highest BCUT2D eigenvalue weighted by molar-refractivity contribution is 5.80. The second-order valence-corrected chi connectivity index (χ2v) is 2.54. The fraction of sp³-hybridized carbons (Fsp3) is 0.143. The lowest BCUT2D eigenvalue weighted by Gasteiger charge is -2.03. The summed E-state index contributed by atoms with van der Waals surface area (Å²) in [5.74, 6) is -1.44. The maximum absolute atomic E-state index is 12.4. The van der Waals surface area contributed by atoms with Gasteiger partial charge in [-0.3, -0.25) is 4.79 Å². The molecule has 1 aromatic rings. The molecule has 0 spiro atoms. The number of carbonyl (C=O) groups is 1. The second kappa shape index (κ2) is 3.95. The van der Waals surface area contributed by atoms with E-state index in [2.05, 4.69) is 4.98 Å². The minimum atomic E-state index is -3.00. The molecule has 0 saturated heterocycles. The average molecular weight is 217 g/mol. The molecule has 1 heterocycles. The SMILES string of the molecule is Nc1nc([N+](=O)[O-])cc(C=O)c1C(F)F. The molecule has 0 atom stereocenters. The Balaban J connectivity index is 3.43. The molecule has 6 nitrogen and oxygen atoms in total. The minimum absolute atomic E-state index is 0.0759. The summed E-state index contributed by atoms with van der Waals surface area (Å²) in [6.07, 6.45) is -2.93. The van der Waals surface area contributed by atoms with E-state index < -0.39 is 34.1 Å². The van der Waals surface area contributed by atoms with Crippen LogP contribution < -0.4 is 5.73 Å². The predicted molar refractivity (Wildman–Crippen MR) is 45.6 cm³/mol. The molecule has 0 saturated carbocycles. The number of hydrogen-bond acceptors (Lipinski definition) is 5. The van der Waals surface area contributed by atoms with Gasteiger partial charge in [-0.1, -0.05) is 0 Å². The Bertz CT molecular complexity index is 422. The van der Waals surface area contributed by atoms with E-state index in [4.69, 9.17) is 5.73 Å². The van der Waals surface area contributed by atoms with Gasteiger partial charge in [0.05, 0.1) is 5.56 Å². The first-order valence-electron chi connectivity index (χ1n) is 3.65. The summed E-state index contributed by atoms with van der Waals surface area (Å²) in [5, 5.41) is 10.3. The van der Waals surface area contributed by atoms with Gasteiger partial charge < -0.3 is 15.8 Å². The molecular formula is C7H5F2N3O3. The van der Waals surface area contributed by atoms with Crippen molar-refractivity contribution in [1.29, 1.82) is 0 Å². The molecule has 0 aliphatic rings. The first-order chi connectivity index (χ1) is 6.97. The van der Waals surface area contributed by atoms with Crippen LogP contribution in [0.15, 0.2) is 6.07 Å². The summed E-state index contributed by atoms with van der Waals surface area (Å²) in [6.45, 7) is 0. The van der Waals surface area contributed by atoms with Gasteiger partial charge >= 0.3 is 5.82 Å². The molecule has 0 radical (unpaired) electrons. The van der Waals surface area contributed by atoms with Crippen LogP contribution in [0, 0.1) is 10.1 Å². The number of carbonyl (C=O) groups excluding carboxylic acids is 1. The van der Waals surface area contributed by atoms with Crippen molar-refractivity contribution < 1.29 is 18.5 Å². The highest BCUT2D eigenvalue weighted by Crippen LogP contribution is 2.28. The third-order valence-electron chi connectivity index (χ3n) is 1.64. The van der Waals surface area contributed by atoms with Crippen molar-refractivity contribution in [3.8, 4) is 0 Å². The van der Waals surface area contributed by atoms with Gasteiger partial charge in [0.1, 0.15) is 0 Å². The average Bonchev–Trinajstić information content (AvgIpc) is 2.15. The maximum Gasteiger partial charge on any atom is 0.366 e. The van der Waals surface area contributed by atoms with Gasteiger partial charge in [-0.2, -0.15) is 0 Å². The van der Waals surface area contributed by atoms with Crippen LogP contribution >= 0.6 is 0 Å². The van der Waals surface area contributed by atoms with Crippen LogP contribution in [0.4, 0.5) is 20.4 Å². The normalized spacial score (nSPS) is 10.3. The third kappa shape index (κ3) is 2.03. The molecule has 0 unspecified atom stereocenters. The Kier molecular flexibility index (Phi) is 2.88. The lowest BCUT2D eigenvalue weighted by molar-refractivity contribution is -0.389. The van der Waals surface area contributed by atoms with Gasteiger partial charge in [0.25, 0.3) is 6.43 Å². The van der Waals surface area contributed by atoms with Gasteiger partial charge in [0.15, 0.2) is 6.29 Å². The van der Waals surface area contributed by atoms with E-state index in [9.17, 15) is 23.7 Å². The number of nitrogens with zero attached hydrogens (tertiary/aromatic N) is 2. The fourth-order valence-corrected chi connectivity index (χ4v) is 1.01. The summed E-state index contributed by atoms with van der Waals surface area (Å²) in [4.78, 5) is 22.9. The quantitative estimate of drug-likeness (QED) is 0.467. The largest absolute Gasteiger partial charge is 0.366 e. The molecule has 8 heteroatoms. The van der Waals surface area contributed by atoms with Crippen LogP contribution in [-0.4, -0.2) is 16.2 Å². The van der Waals surface area contributed by atoms with E-state index in [1.54, 1.807) is 0 Å². The van der Waals surface area contributed by atoms with E-state index in [0.717, 1.165) is 0 Å². The van der Waals surface area contributed by atoms with Crippen molar-refractivity contribution in [2.75, 3.05) is 5.73 Å². The zero-order valence-corrected chi connectivity index (χ0v) is 7.18. The zero-order valence-electron chi connectivity index (χ0n) is 7.18. The molecule has 80 valence electrons. The fourth-order valence-electron chi connectivity index (χ4n) is 1.01. The molecule has 0 aromatic carbocycles. The summed E-state index contributed by atoms with van der Waals surface area (Å²) in [6, 6.07) is 0.658. The molecule has 1 aromatic heterocycles. The van der Waals surface area contributed by atoms with E-state index in [-0.39, 0.29) is 6.29 Å². The van der Waals surface area contributed by atoms with Crippen LogP contribution in [0.5, 0.6) is 0 Å². The van der Waals surface area contributed by atoms with E-state index in [1.165, 1.54) is 0 Å². The number of nitrogens with two attached hydrogens (primary N) is 1. The summed E-state index contributed by atoms with van der Waals surface area (Å²) >= 11 is 0. The predicted octanol–water partition coefficient (Wildman–Crippen LogP) is 1.32. The molecule has 0 fully saturated rings. The molecule has 1 rings (SSSR count). The second-order valence-electron chi connectivity index (χ2n) is 2.54. The van der Waals surface area contributed by atoms with Crippen molar-refractivity contribution >= 4 is 17.9 Å². The van der Waals surface area contributed by atoms with E-state index in [1.807, 2.05) is 0 Å². The first kappa shape index (κ1) is 11.0. The summed E-state index contributed by atoms with van der Waals surface area (Å²) in [5.41, 5.74) is 3.78. The van der Waals surface area contributed by atoms with E-state index >= 15 is 0 Å². The number of halogens is 2. The lowest BCUT2D eigenvalue weighted by Crippen LogP contribution is -2.05. The monoisotopic (exact) mass is 217 g/mol. The number of alkyl halides is 2. The van der Waals surface area contributed by atoms with Crippen LogP contribution in [-0.2, 0) is 0 Å². The Morgan fingerprint density at radius 1 is 1.60 bits per heavy atom. The minimum Gasteiger partial charge on any atom is -0.362 e. The molecule has 2 N–H and O–H groups in total. The number of aldehydes is 1. The van der Waals surface area contributed by atoms with Crippen molar-refractivity contribution in [3.63, 3.8) is 0 Å². The van der Waals surface area contributed by atoms with Crippen LogP contribution in [0.1, 0.15) is 22.3 Å². The van der Waals surface area contributed by atoms with Crippen molar-refractivity contribution in [2.45, 2.75) is 6.43 Å². The van der Waals surface area contributed by atoms with Gasteiger partial charge in [0.2, 0.25) is 5.82 Å². The highest BCUT2D eigenvalue weighted by Gasteiger charge is 2.24. The number of hydrogen-bond donors (Lipinski definition) is 1. The number of aromatic nitrogens is 1. The summed E-state index contributed by atoms with van der Waals surface area (Å²) < 4.78 is 24.7. The summed E-state index contributed by atoms with van der Waals surface area (Å²) in [7, 11) is 0. The molecule has 0 bridgehead atoms. The molecule has 0 aliphatic carbocycles. The lowest BCUT2D eigenvalue weighted by atomic mass is 10.1. The van der Waals surface area contributed by atoms with Gasteiger partial charge in [0, 0.05) is 11.6 Å². The van der Waals surface area contributed by atoms with Gasteiger partial charge in [-0.15, -0.1) is 0 Å². The molecular weight excluding hydrogens is 212 g/mol. The number of pyridine rings is 1. The first-order valence-corrected chi connectivity index (χ1v) is 3.65. The van der Waals surface area contributed by atoms with Crippen molar-refractivity contribution in [2.24, 2.45) is 0 Å². The van der Waals surface area contributed by atoms with Crippen LogP contribution in [0.3, 0.4) is 0 Å². The molecule has 0 amide bonds. The number of anilines is 1.